The summed E-state index contributed by atoms with van der Waals surface area (Å²) in [6, 6.07) is 14.1. The van der Waals surface area contributed by atoms with Gasteiger partial charge in [-0.3, -0.25) is 4.79 Å². The van der Waals surface area contributed by atoms with E-state index in [0.29, 0.717) is 18.7 Å². The summed E-state index contributed by atoms with van der Waals surface area (Å²) in [5, 5.41) is 2.81. The third kappa shape index (κ3) is 4.88. The van der Waals surface area contributed by atoms with Gasteiger partial charge in [-0.1, -0.05) is 30.3 Å². The van der Waals surface area contributed by atoms with Crippen LogP contribution in [0.2, 0.25) is 0 Å². The number of carbonyl (C=O) groups is 1. The van der Waals surface area contributed by atoms with Crippen LogP contribution in [0.5, 0.6) is 5.75 Å². The molecule has 3 nitrogen and oxygen atoms in total. The summed E-state index contributed by atoms with van der Waals surface area (Å²) in [5.41, 5.74) is 1.54. The molecule has 116 valence electrons. The summed E-state index contributed by atoms with van der Waals surface area (Å²) in [6.07, 6.45) is 0.797. The van der Waals surface area contributed by atoms with Crippen molar-refractivity contribution in [3.8, 4) is 5.75 Å². The Hall–Kier alpha value is -2.36. The molecule has 0 radical (unpaired) electrons. The SMILES string of the molecule is CCOc1ccc(CCNC(=O)Cc2ccccc2F)cc1. The first kappa shape index (κ1) is 16.0. The lowest BCUT2D eigenvalue weighted by Crippen LogP contribution is -2.27. The van der Waals surface area contributed by atoms with Crippen molar-refractivity contribution in [2.24, 2.45) is 0 Å². The number of ether oxygens (including phenoxy) is 1. The Bertz CT molecular complexity index is 611. The van der Waals surface area contributed by atoms with Gasteiger partial charge in [0.1, 0.15) is 11.6 Å². The monoisotopic (exact) mass is 301 g/mol. The first-order valence-electron chi connectivity index (χ1n) is 7.41. The second-order valence-electron chi connectivity index (χ2n) is 4.95. The zero-order valence-corrected chi connectivity index (χ0v) is 12.6. The molecule has 0 atom stereocenters. The third-order valence-electron chi connectivity index (χ3n) is 3.28. The Morgan fingerprint density at radius 2 is 1.86 bits per heavy atom. The maximum atomic E-state index is 13.4. The van der Waals surface area contributed by atoms with Crippen LogP contribution in [0.25, 0.3) is 0 Å². The van der Waals surface area contributed by atoms with Gasteiger partial charge in [0.05, 0.1) is 13.0 Å². The standard InChI is InChI=1S/C18H20FNO2/c1-2-22-16-9-7-14(8-10-16)11-12-20-18(21)13-15-5-3-4-6-17(15)19/h3-10H,2,11-13H2,1H3,(H,20,21). The van der Waals surface area contributed by atoms with Crippen LogP contribution in [0.15, 0.2) is 48.5 Å². The van der Waals surface area contributed by atoms with Gasteiger partial charge in [0.15, 0.2) is 0 Å². The van der Waals surface area contributed by atoms with Gasteiger partial charge in [0, 0.05) is 6.54 Å². The maximum Gasteiger partial charge on any atom is 0.224 e. The lowest BCUT2D eigenvalue weighted by atomic mass is 10.1. The topological polar surface area (TPSA) is 38.3 Å². The van der Waals surface area contributed by atoms with Gasteiger partial charge >= 0.3 is 0 Å². The van der Waals surface area contributed by atoms with Gasteiger partial charge < -0.3 is 10.1 Å². The molecule has 0 aliphatic heterocycles. The van der Waals surface area contributed by atoms with E-state index >= 15 is 0 Å². The van der Waals surface area contributed by atoms with Crippen molar-refractivity contribution in [2.45, 2.75) is 19.8 Å². The number of halogens is 1. The molecule has 0 spiro atoms. The van der Waals surface area contributed by atoms with Crippen molar-refractivity contribution in [1.82, 2.24) is 5.32 Å². The van der Waals surface area contributed by atoms with Crippen LogP contribution in [0.4, 0.5) is 4.39 Å². The fourth-order valence-corrected chi connectivity index (χ4v) is 2.14. The molecule has 0 unspecified atom stereocenters. The zero-order chi connectivity index (χ0) is 15.8. The molecular formula is C18H20FNO2. The normalized spacial score (nSPS) is 10.3. The molecule has 0 heterocycles. The van der Waals surface area contributed by atoms with E-state index in [1.165, 1.54) is 6.07 Å². The Morgan fingerprint density at radius 3 is 2.55 bits per heavy atom. The predicted octanol–water partition coefficient (Wildman–Crippen LogP) is 3.13. The zero-order valence-electron chi connectivity index (χ0n) is 12.6. The quantitative estimate of drug-likeness (QED) is 0.853. The fourth-order valence-electron chi connectivity index (χ4n) is 2.14. The Morgan fingerprint density at radius 1 is 1.14 bits per heavy atom. The van der Waals surface area contributed by atoms with Gasteiger partial charge in [-0.25, -0.2) is 4.39 Å². The van der Waals surface area contributed by atoms with Crippen LogP contribution >= 0.6 is 0 Å². The molecule has 0 saturated heterocycles. The van der Waals surface area contributed by atoms with Crippen molar-refractivity contribution in [3.63, 3.8) is 0 Å². The molecule has 22 heavy (non-hydrogen) atoms. The van der Waals surface area contributed by atoms with Gasteiger partial charge in [0.25, 0.3) is 0 Å². The van der Waals surface area contributed by atoms with E-state index < -0.39 is 0 Å². The van der Waals surface area contributed by atoms with E-state index in [-0.39, 0.29) is 18.1 Å². The van der Waals surface area contributed by atoms with E-state index in [0.717, 1.165) is 17.7 Å². The highest BCUT2D eigenvalue weighted by Gasteiger charge is 2.07. The van der Waals surface area contributed by atoms with Gasteiger partial charge in [-0.05, 0) is 42.7 Å². The smallest absolute Gasteiger partial charge is 0.224 e. The second-order valence-corrected chi connectivity index (χ2v) is 4.95. The molecule has 2 aromatic rings. The molecule has 2 aromatic carbocycles. The molecule has 4 heteroatoms. The van der Waals surface area contributed by atoms with E-state index in [4.69, 9.17) is 4.74 Å². The molecule has 0 bridgehead atoms. The highest BCUT2D eigenvalue weighted by atomic mass is 19.1. The molecular weight excluding hydrogens is 281 g/mol. The number of amides is 1. The third-order valence-corrected chi connectivity index (χ3v) is 3.28. The number of rotatable bonds is 7. The summed E-state index contributed by atoms with van der Waals surface area (Å²) in [6.45, 7) is 3.12. The average Bonchev–Trinajstić information content (AvgIpc) is 2.52. The number of hydrogen-bond donors (Lipinski definition) is 1. The number of carbonyl (C=O) groups excluding carboxylic acids is 1. The predicted molar refractivity (Wildman–Crippen MR) is 84.4 cm³/mol. The molecule has 0 fully saturated rings. The van der Waals surface area contributed by atoms with Crippen molar-refractivity contribution in [2.75, 3.05) is 13.2 Å². The summed E-state index contributed by atoms with van der Waals surface area (Å²) in [5.74, 6) is 0.329. The number of nitrogens with one attached hydrogen (secondary N) is 1. The molecule has 1 amide bonds. The van der Waals surface area contributed by atoms with E-state index in [2.05, 4.69) is 5.32 Å². The Balaban J connectivity index is 1.76. The van der Waals surface area contributed by atoms with Crippen molar-refractivity contribution < 1.29 is 13.9 Å². The minimum absolute atomic E-state index is 0.0654. The fraction of sp³-hybridized carbons (Fsp3) is 0.278. The summed E-state index contributed by atoms with van der Waals surface area (Å²) in [4.78, 5) is 11.8. The first-order valence-corrected chi connectivity index (χ1v) is 7.41. The van der Waals surface area contributed by atoms with Gasteiger partial charge in [-0.2, -0.15) is 0 Å². The summed E-state index contributed by atoms with van der Waals surface area (Å²) >= 11 is 0. The highest BCUT2D eigenvalue weighted by molar-refractivity contribution is 5.78. The molecule has 0 aliphatic carbocycles. The Labute approximate surface area is 130 Å². The van der Waals surface area contributed by atoms with E-state index in [1.807, 2.05) is 31.2 Å². The summed E-state index contributed by atoms with van der Waals surface area (Å²) < 4.78 is 18.8. The van der Waals surface area contributed by atoms with Crippen molar-refractivity contribution >= 4 is 5.91 Å². The average molecular weight is 301 g/mol. The van der Waals surface area contributed by atoms with Gasteiger partial charge in [0.2, 0.25) is 5.91 Å². The lowest BCUT2D eigenvalue weighted by molar-refractivity contribution is -0.120. The van der Waals surface area contributed by atoms with Crippen LogP contribution in [-0.4, -0.2) is 19.1 Å². The number of hydrogen-bond acceptors (Lipinski definition) is 2. The second kappa shape index (κ2) is 8.17. The van der Waals surface area contributed by atoms with E-state index in [9.17, 15) is 9.18 Å². The molecule has 2 rings (SSSR count). The molecule has 0 saturated carbocycles. The van der Waals surface area contributed by atoms with Crippen molar-refractivity contribution in [3.05, 3.63) is 65.5 Å². The Kier molecular flexibility index (Phi) is 5.95. The lowest BCUT2D eigenvalue weighted by Gasteiger charge is -2.07. The molecule has 1 N–H and O–H groups in total. The summed E-state index contributed by atoms with van der Waals surface area (Å²) in [7, 11) is 0. The number of benzene rings is 2. The van der Waals surface area contributed by atoms with Crippen LogP contribution in [0.3, 0.4) is 0 Å². The molecule has 0 aliphatic rings. The molecule has 0 aromatic heterocycles. The van der Waals surface area contributed by atoms with Crippen LogP contribution in [0, 0.1) is 5.82 Å². The largest absolute Gasteiger partial charge is 0.494 e. The minimum atomic E-state index is -0.343. The van der Waals surface area contributed by atoms with Crippen LogP contribution < -0.4 is 10.1 Å². The maximum absolute atomic E-state index is 13.4. The highest BCUT2D eigenvalue weighted by Crippen LogP contribution is 2.12. The van der Waals surface area contributed by atoms with Gasteiger partial charge in [-0.15, -0.1) is 0 Å². The van der Waals surface area contributed by atoms with Crippen LogP contribution in [0.1, 0.15) is 18.1 Å². The minimum Gasteiger partial charge on any atom is -0.494 e. The van der Waals surface area contributed by atoms with E-state index in [1.54, 1.807) is 18.2 Å². The first-order chi connectivity index (χ1) is 10.7. The van der Waals surface area contributed by atoms with Crippen molar-refractivity contribution in [1.29, 1.82) is 0 Å². The van der Waals surface area contributed by atoms with Crippen LogP contribution in [-0.2, 0) is 17.6 Å².